The standard InChI is InChI=1S/C16H19NO4/c1-2-20-15(18)14-8-10-17(11-9-14)16(19)21-12-13-6-4-3-5-7-13/h3-8H,2,9-12H2,1H3. The number of carbonyl (C=O) groups is 2. The van der Waals surface area contributed by atoms with Gasteiger partial charge in [-0.2, -0.15) is 0 Å². The minimum Gasteiger partial charge on any atom is -0.463 e. The van der Waals surface area contributed by atoms with Crippen molar-refractivity contribution in [2.75, 3.05) is 19.7 Å². The highest BCUT2D eigenvalue weighted by molar-refractivity contribution is 5.89. The first-order valence-electron chi connectivity index (χ1n) is 7.02. The van der Waals surface area contributed by atoms with Crippen LogP contribution in [0.5, 0.6) is 0 Å². The van der Waals surface area contributed by atoms with E-state index in [0.717, 1.165) is 5.56 Å². The Morgan fingerprint density at radius 2 is 1.95 bits per heavy atom. The third-order valence-electron chi connectivity index (χ3n) is 3.21. The van der Waals surface area contributed by atoms with Crippen LogP contribution in [0.25, 0.3) is 0 Å². The summed E-state index contributed by atoms with van der Waals surface area (Å²) < 4.78 is 10.2. The second kappa shape index (κ2) is 7.47. The lowest BCUT2D eigenvalue weighted by Crippen LogP contribution is -2.36. The molecule has 5 heteroatoms. The van der Waals surface area contributed by atoms with Crippen LogP contribution in [0, 0.1) is 0 Å². The number of nitrogens with zero attached hydrogens (tertiary/aromatic N) is 1. The average Bonchev–Trinajstić information content (AvgIpc) is 2.54. The van der Waals surface area contributed by atoms with Crippen LogP contribution in [0.4, 0.5) is 4.79 Å². The monoisotopic (exact) mass is 289 g/mol. The van der Waals surface area contributed by atoms with Crippen molar-refractivity contribution >= 4 is 12.1 Å². The van der Waals surface area contributed by atoms with Gasteiger partial charge in [-0.3, -0.25) is 0 Å². The molecule has 0 radical (unpaired) electrons. The van der Waals surface area contributed by atoms with E-state index in [4.69, 9.17) is 9.47 Å². The molecule has 0 aliphatic carbocycles. The van der Waals surface area contributed by atoms with E-state index in [0.29, 0.717) is 31.7 Å². The van der Waals surface area contributed by atoms with Gasteiger partial charge in [-0.25, -0.2) is 9.59 Å². The molecule has 0 saturated heterocycles. The minimum absolute atomic E-state index is 0.255. The van der Waals surface area contributed by atoms with Crippen LogP contribution in [-0.2, 0) is 20.9 Å². The van der Waals surface area contributed by atoms with E-state index >= 15 is 0 Å². The molecule has 0 spiro atoms. The fraction of sp³-hybridized carbons (Fsp3) is 0.375. The van der Waals surface area contributed by atoms with Crippen molar-refractivity contribution in [3.63, 3.8) is 0 Å². The van der Waals surface area contributed by atoms with Crippen LogP contribution >= 0.6 is 0 Å². The van der Waals surface area contributed by atoms with E-state index in [2.05, 4.69) is 0 Å². The van der Waals surface area contributed by atoms with Crippen molar-refractivity contribution in [1.82, 2.24) is 4.90 Å². The van der Waals surface area contributed by atoms with Gasteiger partial charge in [-0.05, 0) is 18.9 Å². The molecule has 1 aliphatic heterocycles. The highest BCUT2D eigenvalue weighted by Crippen LogP contribution is 2.14. The second-order valence-corrected chi connectivity index (χ2v) is 4.69. The van der Waals surface area contributed by atoms with Crippen molar-refractivity contribution in [2.45, 2.75) is 20.0 Å². The molecule has 0 saturated carbocycles. The largest absolute Gasteiger partial charge is 0.463 e. The predicted octanol–water partition coefficient (Wildman–Crippen LogP) is 2.52. The summed E-state index contributed by atoms with van der Waals surface area (Å²) in [4.78, 5) is 25.1. The Morgan fingerprint density at radius 3 is 2.57 bits per heavy atom. The molecule has 0 atom stereocenters. The van der Waals surface area contributed by atoms with Gasteiger partial charge in [0.25, 0.3) is 0 Å². The number of ether oxygens (including phenoxy) is 2. The van der Waals surface area contributed by atoms with Gasteiger partial charge in [-0.1, -0.05) is 36.4 Å². The molecule has 2 rings (SSSR count). The molecule has 1 aliphatic rings. The molecule has 5 nitrogen and oxygen atoms in total. The lowest BCUT2D eigenvalue weighted by molar-refractivity contribution is -0.138. The Balaban J connectivity index is 1.81. The summed E-state index contributed by atoms with van der Waals surface area (Å²) in [5.41, 5.74) is 1.58. The molecule has 21 heavy (non-hydrogen) atoms. The Kier molecular flexibility index (Phi) is 5.37. The van der Waals surface area contributed by atoms with Crippen LogP contribution in [-0.4, -0.2) is 36.7 Å². The Labute approximate surface area is 124 Å². The average molecular weight is 289 g/mol. The molecule has 1 heterocycles. The molecule has 0 N–H and O–H groups in total. The summed E-state index contributed by atoms with van der Waals surface area (Å²) in [5, 5.41) is 0. The van der Waals surface area contributed by atoms with Gasteiger partial charge in [0, 0.05) is 18.7 Å². The van der Waals surface area contributed by atoms with Crippen molar-refractivity contribution in [2.24, 2.45) is 0 Å². The Hall–Kier alpha value is -2.30. The highest BCUT2D eigenvalue weighted by Gasteiger charge is 2.22. The summed E-state index contributed by atoms with van der Waals surface area (Å²) in [5.74, 6) is -0.296. The topological polar surface area (TPSA) is 55.8 Å². The quantitative estimate of drug-likeness (QED) is 0.799. The first-order chi connectivity index (χ1) is 10.2. The van der Waals surface area contributed by atoms with Crippen molar-refractivity contribution < 1.29 is 19.1 Å². The molecule has 1 amide bonds. The van der Waals surface area contributed by atoms with Crippen LogP contribution in [0.3, 0.4) is 0 Å². The van der Waals surface area contributed by atoms with Crippen LogP contribution in [0.2, 0.25) is 0 Å². The number of hydrogen-bond donors (Lipinski definition) is 0. The predicted molar refractivity (Wildman–Crippen MR) is 77.5 cm³/mol. The number of benzene rings is 1. The van der Waals surface area contributed by atoms with E-state index in [-0.39, 0.29) is 18.7 Å². The van der Waals surface area contributed by atoms with Crippen LogP contribution in [0.1, 0.15) is 18.9 Å². The van der Waals surface area contributed by atoms with E-state index in [1.54, 1.807) is 17.9 Å². The number of esters is 1. The molecule has 112 valence electrons. The second-order valence-electron chi connectivity index (χ2n) is 4.69. The Morgan fingerprint density at radius 1 is 1.19 bits per heavy atom. The molecule has 0 bridgehead atoms. The maximum atomic E-state index is 11.9. The van der Waals surface area contributed by atoms with E-state index in [9.17, 15) is 9.59 Å². The summed E-state index contributed by atoms with van der Waals surface area (Å²) >= 11 is 0. The zero-order valence-corrected chi connectivity index (χ0v) is 12.1. The third kappa shape index (κ3) is 4.34. The van der Waals surface area contributed by atoms with Crippen LogP contribution in [0.15, 0.2) is 42.0 Å². The molecule has 0 fully saturated rings. The van der Waals surface area contributed by atoms with Gasteiger partial charge in [0.15, 0.2) is 0 Å². The Bertz CT molecular complexity index is 524. The van der Waals surface area contributed by atoms with Crippen molar-refractivity contribution in [3.05, 3.63) is 47.5 Å². The van der Waals surface area contributed by atoms with Crippen molar-refractivity contribution in [3.8, 4) is 0 Å². The molecule has 1 aromatic carbocycles. The fourth-order valence-electron chi connectivity index (χ4n) is 2.05. The summed E-state index contributed by atoms with van der Waals surface area (Å²) in [6, 6.07) is 9.53. The maximum Gasteiger partial charge on any atom is 0.410 e. The van der Waals surface area contributed by atoms with Gasteiger partial charge >= 0.3 is 12.1 Å². The third-order valence-corrected chi connectivity index (χ3v) is 3.21. The smallest absolute Gasteiger partial charge is 0.410 e. The first kappa shape index (κ1) is 15.1. The molecule has 0 unspecified atom stereocenters. The summed E-state index contributed by atoms with van der Waals surface area (Å²) in [6.07, 6.45) is 1.86. The molecular formula is C16H19NO4. The van der Waals surface area contributed by atoms with Gasteiger partial charge < -0.3 is 14.4 Å². The summed E-state index contributed by atoms with van der Waals surface area (Å²) in [7, 11) is 0. The maximum absolute atomic E-state index is 11.9. The lowest BCUT2D eigenvalue weighted by atomic mass is 10.1. The van der Waals surface area contributed by atoms with E-state index in [1.165, 1.54) is 0 Å². The molecule has 1 aromatic rings. The van der Waals surface area contributed by atoms with Crippen molar-refractivity contribution in [1.29, 1.82) is 0 Å². The van der Waals surface area contributed by atoms with E-state index < -0.39 is 0 Å². The summed E-state index contributed by atoms with van der Waals surface area (Å²) in [6.45, 7) is 3.23. The molecule has 0 aromatic heterocycles. The number of amides is 1. The van der Waals surface area contributed by atoms with Gasteiger partial charge in [0.05, 0.1) is 6.61 Å². The molecular weight excluding hydrogens is 270 g/mol. The highest BCUT2D eigenvalue weighted by atomic mass is 16.6. The SMILES string of the molecule is CCOC(=O)C1=CCN(C(=O)OCc2ccccc2)CC1. The van der Waals surface area contributed by atoms with Gasteiger partial charge in [-0.15, -0.1) is 0 Å². The lowest BCUT2D eigenvalue weighted by Gasteiger charge is -2.25. The number of rotatable bonds is 4. The fourth-order valence-corrected chi connectivity index (χ4v) is 2.05. The van der Waals surface area contributed by atoms with Gasteiger partial charge in [0.1, 0.15) is 6.61 Å². The zero-order valence-electron chi connectivity index (χ0n) is 12.1. The zero-order chi connectivity index (χ0) is 15.1. The first-order valence-corrected chi connectivity index (χ1v) is 7.02. The van der Waals surface area contributed by atoms with Crippen LogP contribution < -0.4 is 0 Å². The number of hydrogen-bond acceptors (Lipinski definition) is 4. The number of carbonyl (C=O) groups excluding carboxylic acids is 2. The minimum atomic E-state index is -0.363. The van der Waals surface area contributed by atoms with E-state index in [1.807, 2.05) is 30.3 Å². The van der Waals surface area contributed by atoms with Gasteiger partial charge in [0.2, 0.25) is 0 Å². The normalized spacial score (nSPS) is 14.3.